The summed E-state index contributed by atoms with van der Waals surface area (Å²) in [6.45, 7) is 0.533. The molecule has 2 rings (SSSR count). The number of esters is 1. The van der Waals surface area contributed by atoms with E-state index < -0.39 is 23.8 Å². The zero-order chi connectivity index (χ0) is 16.7. The van der Waals surface area contributed by atoms with Crippen LogP contribution in [0.3, 0.4) is 0 Å². The summed E-state index contributed by atoms with van der Waals surface area (Å²) in [7, 11) is 1.50. The maximum absolute atomic E-state index is 14.0. The fourth-order valence-corrected chi connectivity index (χ4v) is 2.48. The SMILES string of the molecule is COCCNC(=O)[C@H](OC(=O)c1cccs1)c1ccccc1F. The number of nitrogens with one attached hydrogen (secondary N) is 1. The van der Waals surface area contributed by atoms with E-state index in [4.69, 9.17) is 9.47 Å². The molecule has 0 aliphatic rings. The summed E-state index contributed by atoms with van der Waals surface area (Å²) in [6, 6.07) is 8.97. The molecule has 0 fully saturated rings. The van der Waals surface area contributed by atoms with Crippen molar-refractivity contribution in [3.8, 4) is 0 Å². The Morgan fingerprint density at radius 1 is 1.26 bits per heavy atom. The minimum Gasteiger partial charge on any atom is -0.443 e. The van der Waals surface area contributed by atoms with Gasteiger partial charge in [0.15, 0.2) is 0 Å². The summed E-state index contributed by atoms with van der Waals surface area (Å²) in [5.41, 5.74) is 0.00678. The van der Waals surface area contributed by atoms with Gasteiger partial charge in [-0.15, -0.1) is 11.3 Å². The highest BCUT2D eigenvalue weighted by Crippen LogP contribution is 2.23. The first-order chi connectivity index (χ1) is 11.1. The maximum atomic E-state index is 14.0. The van der Waals surface area contributed by atoms with Gasteiger partial charge in [-0.1, -0.05) is 24.3 Å². The average Bonchev–Trinajstić information content (AvgIpc) is 3.08. The van der Waals surface area contributed by atoms with Gasteiger partial charge >= 0.3 is 5.97 Å². The van der Waals surface area contributed by atoms with E-state index in [1.54, 1.807) is 23.6 Å². The van der Waals surface area contributed by atoms with Crippen molar-refractivity contribution in [2.75, 3.05) is 20.3 Å². The number of rotatable bonds is 7. The van der Waals surface area contributed by atoms with Crippen molar-refractivity contribution in [3.63, 3.8) is 0 Å². The number of ether oxygens (including phenoxy) is 2. The Balaban J connectivity index is 2.19. The number of hydrogen-bond donors (Lipinski definition) is 1. The standard InChI is InChI=1S/C16H16FNO4S/c1-21-9-8-18-15(19)14(11-5-2-3-6-12(11)17)22-16(20)13-7-4-10-23-13/h2-7,10,14H,8-9H2,1H3,(H,18,19)/t14-/m1/s1. The average molecular weight is 337 g/mol. The Morgan fingerprint density at radius 2 is 2.04 bits per heavy atom. The lowest BCUT2D eigenvalue weighted by atomic mass is 10.1. The topological polar surface area (TPSA) is 64.6 Å². The number of benzene rings is 1. The van der Waals surface area contributed by atoms with Crippen molar-refractivity contribution < 1.29 is 23.5 Å². The number of carbonyl (C=O) groups excluding carboxylic acids is 2. The van der Waals surface area contributed by atoms with Gasteiger partial charge in [0.2, 0.25) is 6.10 Å². The molecule has 0 bridgehead atoms. The number of thiophene rings is 1. The fraction of sp³-hybridized carbons (Fsp3) is 0.250. The molecule has 2 aromatic rings. The lowest BCUT2D eigenvalue weighted by molar-refractivity contribution is -0.130. The molecule has 0 saturated heterocycles. The number of carbonyl (C=O) groups is 2. The summed E-state index contributed by atoms with van der Waals surface area (Å²) in [6.07, 6.45) is -1.36. The highest BCUT2D eigenvalue weighted by atomic mass is 32.1. The molecule has 122 valence electrons. The van der Waals surface area contributed by atoms with Crippen LogP contribution in [0.5, 0.6) is 0 Å². The molecule has 0 saturated carbocycles. The van der Waals surface area contributed by atoms with E-state index in [1.807, 2.05) is 0 Å². The maximum Gasteiger partial charge on any atom is 0.349 e. The van der Waals surface area contributed by atoms with Crippen LogP contribution < -0.4 is 5.32 Å². The van der Waals surface area contributed by atoms with Crippen molar-refractivity contribution in [2.24, 2.45) is 0 Å². The minimum absolute atomic E-state index is 0.00678. The van der Waals surface area contributed by atoms with Gasteiger partial charge in [-0.3, -0.25) is 4.79 Å². The normalized spacial score (nSPS) is 11.7. The quantitative estimate of drug-likeness (QED) is 0.623. The summed E-state index contributed by atoms with van der Waals surface area (Å²) >= 11 is 1.19. The van der Waals surface area contributed by atoms with Crippen molar-refractivity contribution in [1.29, 1.82) is 0 Å². The summed E-state index contributed by atoms with van der Waals surface area (Å²) < 4.78 is 24.1. The van der Waals surface area contributed by atoms with Crippen LogP contribution in [0.15, 0.2) is 41.8 Å². The first kappa shape index (κ1) is 17.1. The molecule has 1 aromatic carbocycles. The van der Waals surface area contributed by atoms with E-state index in [0.717, 1.165) is 0 Å². The molecule has 1 amide bonds. The molecule has 7 heteroatoms. The Bertz CT molecular complexity index is 660. The van der Waals surface area contributed by atoms with Gasteiger partial charge in [-0.05, 0) is 17.5 Å². The second kappa shape index (κ2) is 8.40. The number of hydrogen-bond acceptors (Lipinski definition) is 5. The van der Waals surface area contributed by atoms with Crippen LogP contribution in [-0.4, -0.2) is 32.1 Å². The molecular formula is C16H16FNO4S. The van der Waals surface area contributed by atoms with Crippen LogP contribution in [0.25, 0.3) is 0 Å². The first-order valence-corrected chi connectivity index (χ1v) is 7.77. The molecule has 23 heavy (non-hydrogen) atoms. The molecule has 1 aromatic heterocycles. The third-order valence-corrected chi connectivity index (χ3v) is 3.83. The van der Waals surface area contributed by atoms with Crippen molar-refractivity contribution in [3.05, 3.63) is 58.0 Å². The smallest absolute Gasteiger partial charge is 0.349 e. The molecular weight excluding hydrogens is 321 g/mol. The molecule has 0 unspecified atom stereocenters. The number of halogens is 1. The Labute approximate surface area is 137 Å². The highest BCUT2D eigenvalue weighted by Gasteiger charge is 2.28. The van der Waals surface area contributed by atoms with Gasteiger partial charge in [0, 0.05) is 19.2 Å². The molecule has 1 atom stereocenters. The van der Waals surface area contributed by atoms with E-state index in [-0.39, 0.29) is 12.1 Å². The predicted octanol–water partition coefficient (Wildman–Crippen LogP) is 2.55. The zero-order valence-electron chi connectivity index (χ0n) is 12.5. The predicted molar refractivity (Wildman–Crippen MR) is 83.8 cm³/mol. The Morgan fingerprint density at radius 3 is 2.70 bits per heavy atom. The second-order valence-electron chi connectivity index (χ2n) is 4.57. The van der Waals surface area contributed by atoms with Gasteiger partial charge in [-0.2, -0.15) is 0 Å². The molecule has 0 spiro atoms. The third kappa shape index (κ3) is 4.61. The summed E-state index contributed by atoms with van der Waals surface area (Å²) in [4.78, 5) is 24.7. The van der Waals surface area contributed by atoms with E-state index in [0.29, 0.717) is 11.5 Å². The van der Waals surface area contributed by atoms with Gasteiger partial charge in [0.05, 0.1) is 6.61 Å². The van der Waals surface area contributed by atoms with E-state index >= 15 is 0 Å². The molecule has 0 aliphatic carbocycles. The van der Waals surface area contributed by atoms with Crippen LogP contribution in [0, 0.1) is 5.82 Å². The van der Waals surface area contributed by atoms with E-state index in [9.17, 15) is 14.0 Å². The lowest BCUT2D eigenvalue weighted by Gasteiger charge is -2.18. The Hall–Kier alpha value is -2.25. The van der Waals surface area contributed by atoms with Crippen LogP contribution in [0.2, 0.25) is 0 Å². The number of amides is 1. The van der Waals surface area contributed by atoms with Crippen LogP contribution in [0.4, 0.5) is 4.39 Å². The highest BCUT2D eigenvalue weighted by molar-refractivity contribution is 7.11. The molecule has 0 radical (unpaired) electrons. The minimum atomic E-state index is -1.36. The van der Waals surface area contributed by atoms with Crippen LogP contribution in [0.1, 0.15) is 21.3 Å². The van der Waals surface area contributed by atoms with E-state index in [2.05, 4.69) is 5.32 Å². The van der Waals surface area contributed by atoms with Gasteiger partial charge in [-0.25, -0.2) is 9.18 Å². The van der Waals surface area contributed by atoms with Crippen molar-refractivity contribution in [2.45, 2.75) is 6.10 Å². The largest absolute Gasteiger partial charge is 0.443 e. The monoisotopic (exact) mass is 337 g/mol. The lowest BCUT2D eigenvalue weighted by Crippen LogP contribution is -2.34. The van der Waals surface area contributed by atoms with Gasteiger partial charge < -0.3 is 14.8 Å². The van der Waals surface area contributed by atoms with Crippen LogP contribution in [-0.2, 0) is 14.3 Å². The molecule has 1 N–H and O–H groups in total. The van der Waals surface area contributed by atoms with E-state index in [1.165, 1.54) is 36.6 Å². The first-order valence-electron chi connectivity index (χ1n) is 6.89. The van der Waals surface area contributed by atoms with Gasteiger partial charge in [0.1, 0.15) is 10.7 Å². The third-order valence-electron chi connectivity index (χ3n) is 2.98. The van der Waals surface area contributed by atoms with Crippen LogP contribution >= 0.6 is 11.3 Å². The summed E-state index contributed by atoms with van der Waals surface area (Å²) in [5.74, 6) is -1.88. The molecule has 5 nitrogen and oxygen atoms in total. The summed E-state index contributed by atoms with van der Waals surface area (Å²) in [5, 5.41) is 4.27. The second-order valence-corrected chi connectivity index (χ2v) is 5.52. The van der Waals surface area contributed by atoms with Crippen molar-refractivity contribution in [1.82, 2.24) is 5.32 Å². The molecule has 1 heterocycles. The van der Waals surface area contributed by atoms with Crippen molar-refractivity contribution >= 4 is 23.2 Å². The number of methoxy groups -OCH3 is 1. The fourth-order valence-electron chi connectivity index (χ4n) is 1.87. The zero-order valence-corrected chi connectivity index (χ0v) is 13.3. The molecule has 0 aliphatic heterocycles. The Kier molecular flexibility index (Phi) is 6.25. The van der Waals surface area contributed by atoms with Gasteiger partial charge in [0.25, 0.3) is 5.91 Å².